The first-order chi connectivity index (χ1) is 10.1. The number of benzene rings is 1. The Hall–Kier alpha value is -1.79. The average molecular weight is 294 g/mol. The molecule has 2 rings (SSSR count). The summed E-state index contributed by atoms with van der Waals surface area (Å²) >= 11 is 0. The van der Waals surface area contributed by atoms with Crippen molar-refractivity contribution in [1.29, 1.82) is 0 Å². The van der Waals surface area contributed by atoms with Gasteiger partial charge in [-0.05, 0) is 32.4 Å². The zero-order chi connectivity index (χ0) is 15.2. The number of nitrogens with one attached hydrogen (secondary N) is 1. The van der Waals surface area contributed by atoms with Crippen LogP contribution in [0.2, 0.25) is 0 Å². The van der Waals surface area contributed by atoms with Crippen molar-refractivity contribution in [2.75, 3.05) is 31.8 Å². The Morgan fingerprint density at radius 3 is 2.86 bits per heavy atom. The summed E-state index contributed by atoms with van der Waals surface area (Å²) in [5, 5.41) is 11.8. The number of amides is 1. The van der Waals surface area contributed by atoms with Crippen LogP contribution in [0, 0.1) is 0 Å². The molecule has 1 aromatic rings. The lowest BCUT2D eigenvalue weighted by molar-refractivity contribution is -0.117. The molecular formula is C15H22N2O4. The predicted molar refractivity (Wildman–Crippen MR) is 79.6 cm³/mol. The Morgan fingerprint density at radius 1 is 1.38 bits per heavy atom. The quantitative estimate of drug-likeness (QED) is 0.796. The third-order valence-electron chi connectivity index (χ3n) is 3.34. The summed E-state index contributed by atoms with van der Waals surface area (Å²) in [4.78, 5) is 14.1. The maximum atomic E-state index is 12.1. The molecule has 6 heteroatoms. The van der Waals surface area contributed by atoms with Gasteiger partial charge in [-0.1, -0.05) is 0 Å². The van der Waals surface area contributed by atoms with Crippen molar-refractivity contribution in [3.63, 3.8) is 0 Å². The number of hydrogen-bond acceptors (Lipinski definition) is 5. The highest BCUT2D eigenvalue weighted by Crippen LogP contribution is 2.34. The second-order valence-electron chi connectivity index (χ2n) is 5.26. The summed E-state index contributed by atoms with van der Waals surface area (Å²) < 4.78 is 10.5. The third kappa shape index (κ3) is 4.34. The smallest absolute Gasteiger partial charge is 0.238 e. The number of aliphatic hydroxyl groups excluding tert-OH is 1. The number of carbonyl (C=O) groups is 1. The molecule has 0 spiro atoms. The van der Waals surface area contributed by atoms with Crippen LogP contribution >= 0.6 is 0 Å². The Bertz CT molecular complexity index is 491. The Labute approximate surface area is 124 Å². The third-order valence-corrected chi connectivity index (χ3v) is 3.34. The normalized spacial score (nSPS) is 13.0. The molecule has 116 valence electrons. The number of anilines is 1. The van der Waals surface area contributed by atoms with Crippen molar-refractivity contribution in [3.05, 3.63) is 18.2 Å². The number of nitrogens with zero attached hydrogens (tertiary/aromatic N) is 1. The molecule has 2 N–H and O–H groups in total. The van der Waals surface area contributed by atoms with E-state index in [1.165, 1.54) is 0 Å². The van der Waals surface area contributed by atoms with E-state index in [9.17, 15) is 4.79 Å². The fourth-order valence-corrected chi connectivity index (χ4v) is 2.15. The summed E-state index contributed by atoms with van der Waals surface area (Å²) in [6.07, 6.45) is 0.662. The minimum absolute atomic E-state index is 0.0829. The molecule has 0 aliphatic carbocycles. The van der Waals surface area contributed by atoms with E-state index in [0.717, 1.165) is 0 Å². The highest BCUT2D eigenvalue weighted by molar-refractivity contribution is 5.92. The molecular weight excluding hydrogens is 272 g/mol. The molecule has 0 unspecified atom stereocenters. The second-order valence-corrected chi connectivity index (χ2v) is 5.26. The first-order valence-electron chi connectivity index (χ1n) is 7.14. The van der Waals surface area contributed by atoms with Crippen LogP contribution in [0.1, 0.15) is 20.3 Å². The van der Waals surface area contributed by atoms with Gasteiger partial charge in [-0.2, -0.15) is 0 Å². The highest BCUT2D eigenvalue weighted by Gasteiger charge is 2.16. The average Bonchev–Trinajstić information content (AvgIpc) is 2.90. The van der Waals surface area contributed by atoms with Crippen LogP contribution in [0.3, 0.4) is 0 Å². The van der Waals surface area contributed by atoms with Gasteiger partial charge in [-0.25, -0.2) is 0 Å². The molecule has 1 heterocycles. The van der Waals surface area contributed by atoms with E-state index in [1.807, 2.05) is 18.7 Å². The van der Waals surface area contributed by atoms with Gasteiger partial charge in [0.25, 0.3) is 0 Å². The Morgan fingerprint density at radius 2 is 2.14 bits per heavy atom. The highest BCUT2D eigenvalue weighted by atomic mass is 16.7. The zero-order valence-electron chi connectivity index (χ0n) is 12.5. The minimum atomic E-state index is -0.0829. The van der Waals surface area contributed by atoms with Crippen LogP contribution in [0.5, 0.6) is 11.5 Å². The van der Waals surface area contributed by atoms with Crippen molar-refractivity contribution in [2.45, 2.75) is 26.3 Å². The summed E-state index contributed by atoms with van der Waals surface area (Å²) in [6, 6.07) is 5.58. The van der Waals surface area contributed by atoms with E-state index in [2.05, 4.69) is 5.32 Å². The van der Waals surface area contributed by atoms with E-state index >= 15 is 0 Å². The monoisotopic (exact) mass is 294 g/mol. The lowest BCUT2D eigenvalue weighted by atomic mass is 10.2. The van der Waals surface area contributed by atoms with E-state index in [1.54, 1.807) is 18.2 Å². The van der Waals surface area contributed by atoms with Crippen LogP contribution in [-0.2, 0) is 4.79 Å². The van der Waals surface area contributed by atoms with Crippen LogP contribution in [0.15, 0.2) is 18.2 Å². The molecule has 6 nitrogen and oxygen atoms in total. The van der Waals surface area contributed by atoms with Gasteiger partial charge < -0.3 is 19.9 Å². The number of fused-ring (bicyclic) bond motifs is 1. The molecule has 0 aromatic heterocycles. The second kappa shape index (κ2) is 7.28. The fraction of sp³-hybridized carbons (Fsp3) is 0.533. The standard InChI is InChI=1S/C15H22N2O4/c1-11(2)17(6-3-7-18)9-15(19)16-12-4-5-13-14(8-12)21-10-20-13/h4-5,8,11,18H,3,6-7,9-10H2,1-2H3,(H,16,19). The van der Waals surface area contributed by atoms with Crippen molar-refractivity contribution >= 4 is 11.6 Å². The first-order valence-corrected chi connectivity index (χ1v) is 7.14. The molecule has 1 amide bonds. The lowest BCUT2D eigenvalue weighted by Gasteiger charge is -2.25. The number of hydrogen-bond donors (Lipinski definition) is 2. The maximum Gasteiger partial charge on any atom is 0.238 e. The van der Waals surface area contributed by atoms with Gasteiger partial charge in [-0.3, -0.25) is 9.69 Å². The molecule has 1 aliphatic rings. The Balaban J connectivity index is 1.91. The van der Waals surface area contributed by atoms with Gasteiger partial charge in [0, 0.05) is 30.9 Å². The van der Waals surface area contributed by atoms with Crippen LogP contribution < -0.4 is 14.8 Å². The first kappa shape index (κ1) is 15.6. The molecule has 21 heavy (non-hydrogen) atoms. The van der Waals surface area contributed by atoms with E-state index in [0.29, 0.717) is 36.7 Å². The fourth-order valence-electron chi connectivity index (χ4n) is 2.15. The summed E-state index contributed by atoms with van der Waals surface area (Å²) in [7, 11) is 0. The molecule has 1 aliphatic heterocycles. The van der Waals surface area contributed by atoms with Crippen molar-refractivity contribution in [2.24, 2.45) is 0 Å². The molecule has 0 bridgehead atoms. The zero-order valence-corrected chi connectivity index (χ0v) is 12.5. The summed E-state index contributed by atoms with van der Waals surface area (Å²) in [5.74, 6) is 1.26. The van der Waals surface area contributed by atoms with E-state index < -0.39 is 0 Å². The van der Waals surface area contributed by atoms with Crippen molar-refractivity contribution in [3.8, 4) is 11.5 Å². The molecule has 0 saturated carbocycles. The van der Waals surface area contributed by atoms with Gasteiger partial charge in [0.1, 0.15) is 0 Å². The summed E-state index contributed by atoms with van der Waals surface area (Å²) in [5.41, 5.74) is 0.690. The predicted octanol–water partition coefficient (Wildman–Crippen LogP) is 1.45. The molecule has 0 radical (unpaired) electrons. The number of aliphatic hydroxyl groups is 1. The lowest BCUT2D eigenvalue weighted by Crippen LogP contribution is -2.38. The number of carbonyl (C=O) groups excluding carboxylic acids is 1. The van der Waals surface area contributed by atoms with Crippen LogP contribution in [0.25, 0.3) is 0 Å². The minimum Gasteiger partial charge on any atom is -0.454 e. The topological polar surface area (TPSA) is 71.0 Å². The van der Waals surface area contributed by atoms with Gasteiger partial charge in [0.05, 0.1) is 6.54 Å². The van der Waals surface area contributed by atoms with Crippen molar-refractivity contribution < 1.29 is 19.4 Å². The largest absolute Gasteiger partial charge is 0.454 e. The van der Waals surface area contributed by atoms with Gasteiger partial charge in [0.15, 0.2) is 11.5 Å². The van der Waals surface area contributed by atoms with Crippen LogP contribution in [0.4, 0.5) is 5.69 Å². The van der Waals surface area contributed by atoms with Crippen LogP contribution in [-0.4, -0.2) is 48.4 Å². The number of rotatable bonds is 7. The van der Waals surface area contributed by atoms with Crippen molar-refractivity contribution in [1.82, 2.24) is 4.90 Å². The SMILES string of the molecule is CC(C)N(CCCO)CC(=O)Nc1ccc2c(c1)OCO2. The van der Waals surface area contributed by atoms with E-state index in [4.69, 9.17) is 14.6 Å². The van der Waals surface area contributed by atoms with E-state index in [-0.39, 0.29) is 25.3 Å². The molecule has 0 atom stereocenters. The summed E-state index contributed by atoms with van der Waals surface area (Å²) in [6.45, 7) is 5.41. The van der Waals surface area contributed by atoms with Gasteiger partial charge in [0.2, 0.25) is 12.7 Å². The molecule has 0 saturated heterocycles. The molecule has 0 fully saturated rings. The number of ether oxygens (including phenoxy) is 2. The van der Waals surface area contributed by atoms with Gasteiger partial charge in [-0.15, -0.1) is 0 Å². The molecule has 1 aromatic carbocycles. The van der Waals surface area contributed by atoms with Gasteiger partial charge >= 0.3 is 0 Å². The Kier molecular flexibility index (Phi) is 5.41. The maximum absolute atomic E-state index is 12.1.